The molecule has 1 aliphatic heterocycles. The summed E-state index contributed by atoms with van der Waals surface area (Å²) in [5.41, 5.74) is 0.546. The minimum absolute atomic E-state index is 0.00335. The number of fused-ring (bicyclic) bond motifs is 1. The Hall–Kier alpha value is -2.37. The number of anilines is 1. The molecule has 0 bridgehead atoms. The summed E-state index contributed by atoms with van der Waals surface area (Å²) in [7, 11) is 0. The summed E-state index contributed by atoms with van der Waals surface area (Å²) in [6.45, 7) is 0.883. The summed E-state index contributed by atoms with van der Waals surface area (Å²) in [6, 6.07) is 11.8. The number of halogens is 4. The molecule has 126 valence electrons. The maximum absolute atomic E-state index is 14.1. The van der Waals surface area contributed by atoms with Crippen LogP contribution in [-0.2, 0) is 0 Å². The van der Waals surface area contributed by atoms with E-state index in [0.717, 1.165) is 11.8 Å². The largest absolute Gasteiger partial charge is 0.392 e. The lowest BCUT2D eigenvalue weighted by molar-refractivity contribution is -0.175. The molecule has 0 fully saturated rings. The molecule has 0 saturated heterocycles. The van der Waals surface area contributed by atoms with Crippen LogP contribution in [0, 0.1) is 11.7 Å². The molecule has 0 saturated carbocycles. The molecule has 2 atom stereocenters. The summed E-state index contributed by atoms with van der Waals surface area (Å²) >= 11 is 0. The van der Waals surface area contributed by atoms with Gasteiger partial charge in [0.1, 0.15) is 5.82 Å². The number of carbonyl (C=O) groups is 1. The molecule has 0 aliphatic carbocycles. The smallest absolute Gasteiger partial charge is 0.305 e. The van der Waals surface area contributed by atoms with Crippen LogP contribution < -0.4 is 4.90 Å². The van der Waals surface area contributed by atoms with Crippen molar-refractivity contribution < 1.29 is 22.4 Å². The molecule has 2 aromatic carbocycles. The number of benzene rings is 2. The second-order valence-corrected chi connectivity index (χ2v) is 5.89. The SMILES string of the molecule is CC(C1CN(c2ccccc2F)C(=O)c2ccccc21)C(F)(F)F. The second kappa shape index (κ2) is 5.92. The second-order valence-electron chi connectivity index (χ2n) is 5.89. The van der Waals surface area contributed by atoms with Gasteiger partial charge in [-0.1, -0.05) is 37.3 Å². The number of hydrogen-bond acceptors (Lipinski definition) is 1. The van der Waals surface area contributed by atoms with Gasteiger partial charge in [0.2, 0.25) is 0 Å². The summed E-state index contributed by atoms with van der Waals surface area (Å²) in [4.78, 5) is 13.8. The van der Waals surface area contributed by atoms with Crippen molar-refractivity contribution in [3.8, 4) is 0 Å². The van der Waals surface area contributed by atoms with Gasteiger partial charge < -0.3 is 4.90 Å². The van der Waals surface area contributed by atoms with Crippen LogP contribution in [0.4, 0.5) is 23.2 Å². The van der Waals surface area contributed by atoms with E-state index in [4.69, 9.17) is 0 Å². The minimum Gasteiger partial charge on any atom is -0.305 e. The van der Waals surface area contributed by atoms with Crippen LogP contribution in [-0.4, -0.2) is 18.6 Å². The van der Waals surface area contributed by atoms with Crippen LogP contribution in [0.3, 0.4) is 0 Å². The van der Waals surface area contributed by atoms with Crippen molar-refractivity contribution in [1.82, 2.24) is 0 Å². The van der Waals surface area contributed by atoms with E-state index in [0.29, 0.717) is 5.56 Å². The molecule has 0 N–H and O–H groups in total. The first-order valence-electron chi connectivity index (χ1n) is 7.52. The molecule has 0 spiro atoms. The van der Waals surface area contributed by atoms with Crippen LogP contribution in [0.2, 0.25) is 0 Å². The van der Waals surface area contributed by atoms with Crippen molar-refractivity contribution in [2.45, 2.75) is 19.0 Å². The highest BCUT2D eigenvalue weighted by Gasteiger charge is 2.46. The van der Waals surface area contributed by atoms with E-state index in [-0.39, 0.29) is 17.8 Å². The third-order valence-electron chi connectivity index (χ3n) is 4.48. The van der Waals surface area contributed by atoms with Gasteiger partial charge in [0.05, 0.1) is 11.6 Å². The van der Waals surface area contributed by atoms with Gasteiger partial charge in [-0.25, -0.2) is 4.39 Å². The molecule has 2 unspecified atom stereocenters. The summed E-state index contributed by atoms with van der Waals surface area (Å²) < 4.78 is 53.8. The maximum atomic E-state index is 14.1. The number of para-hydroxylation sites is 1. The lowest BCUT2D eigenvalue weighted by Crippen LogP contribution is -2.44. The number of rotatable bonds is 2. The Labute approximate surface area is 136 Å². The normalized spacial score (nSPS) is 19.1. The van der Waals surface area contributed by atoms with Gasteiger partial charge in [0, 0.05) is 18.0 Å². The molecule has 1 heterocycles. The van der Waals surface area contributed by atoms with Gasteiger partial charge in [-0.3, -0.25) is 4.79 Å². The van der Waals surface area contributed by atoms with Gasteiger partial charge in [0.25, 0.3) is 5.91 Å². The van der Waals surface area contributed by atoms with E-state index in [1.54, 1.807) is 24.3 Å². The van der Waals surface area contributed by atoms with Gasteiger partial charge in [-0.05, 0) is 23.8 Å². The monoisotopic (exact) mass is 337 g/mol. The average Bonchev–Trinajstić information content (AvgIpc) is 2.55. The maximum Gasteiger partial charge on any atom is 0.392 e. The van der Waals surface area contributed by atoms with Gasteiger partial charge in [-0.15, -0.1) is 0 Å². The van der Waals surface area contributed by atoms with Crippen LogP contribution >= 0.6 is 0 Å². The molecule has 2 aromatic rings. The average molecular weight is 337 g/mol. The lowest BCUT2D eigenvalue weighted by atomic mass is 9.80. The van der Waals surface area contributed by atoms with E-state index in [2.05, 4.69) is 0 Å². The van der Waals surface area contributed by atoms with Crippen LogP contribution in [0.1, 0.15) is 28.8 Å². The van der Waals surface area contributed by atoms with Gasteiger partial charge >= 0.3 is 6.18 Å². The Balaban J connectivity index is 2.10. The van der Waals surface area contributed by atoms with Crippen molar-refractivity contribution >= 4 is 11.6 Å². The van der Waals surface area contributed by atoms with Crippen LogP contribution in [0.15, 0.2) is 48.5 Å². The third kappa shape index (κ3) is 2.77. The quantitative estimate of drug-likeness (QED) is 0.723. The molecule has 0 radical (unpaired) electrons. The first-order chi connectivity index (χ1) is 11.3. The molecule has 3 rings (SSSR count). The zero-order valence-electron chi connectivity index (χ0n) is 12.8. The van der Waals surface area contributed by atoms with Crippen LogP contribution in [0.5, 0.6) is 0 Å². The zero-order valence-corrected chi connectivity index (χ0v) is 12.8. The first kappa shape index (κ1) is 16.5. The van der Waals surface area contributed by atoms with Crippen molar-refractivity contribution in [2.24, 2.45) is 5.92 Å². The van der Waals surface area contributed by atoms with Crippen LogP contribution in [0.25, 0.3) is 0 Å². The Morgan fingerprint density at radius 1 is 1.08 bits per heavy atom. The minimum atomic E-state index is -4.40. The molecule has 1 amide bonds. The van der Waals surface area contributed by atoms with Crippen molar-refractivity contribution in [3.63, 3.8) is 0 Å². The standard InChI is InChI=1S/C18H15F4NO/c1-11(18(20,21)22)14-10-23(16-9-5-4-8-15(16)19)17(24)13-7-3-2-6-12(13)14/h2-9,11,14H,10H2,1H3. The molecule has 2 nitrogen and oxygen atoms in total. The van der Waals surface area contributed by atoms with E-state index in [9.17, 15) is 22.4 Å². The molecule has 24 heavy (non-hydrogen) atoms. The topological polar surface area (TPSA) is 20.3 Å². The zero-order chi connectivity index (χ0) is 17.5. The Kier molecular flexibility index (Phi) is 4.07. The molecule has 0 aromatic heterocycles. The summed E-state index contributed by atoms with van der Waals surface area (Å²) in [5.74, 6) is -3.72. The number of carbonyl (C=O) groups excluding carboxylic acids is 1. The number of alkyl halides is 3. The van der Waals surface area contributed by atoms with Crippen molar-refractivity contribution in [3.05, 3.63) is 65.5 Å². The fourth-order valence-corrected chi connectivity index (χ4v) is 3.07. The van der Waals surface area contributed by atoms with Gasteiger partial charge in [0.15, 0.2) is 0 Å². The third-order valence-corrected chi connectivity index (χ3v) is 4.48. The molecular formula is C18H15F4NO. The predicted molar refractivity (Wildman–Crippen MR) is 82.5 cm³/mol. The van der Waals surface area contributed by atoms with E-state index in [1.165, 1.54) is 24.3 Å². The number of hydrogen-bond donors (Lipinski definition) is 0. The van der Waals surface area contributed by atoms with E-state index >= 15 is 0 Å². The van der Waals surface area contributed by atoms with Crippen molar-refractivity contribution in [2.75, 3.05) is 11.4 Å². The van der Waals surface area contributed by atoms with E-state index < -0.39 is 29.7 Å². The molecule has 1 aliphatic rings. The Morgan fingerprint density at radius 3 is 2.38 bits per heavy atom. The summed E-state index contributed by atoms with van der Waals surface area (Å²) in [5, 5.41) is 0. The predicted octanol–water partition coefficient (Wildman–Crippen LogP) is 4.77. The Morgan fingerprint density at radius 2 is 1.71 bits per heavy atom. The van der Waals surface area contributed by atoms with Gasteiger partial charge in [-0.2, -0.15) is 13.2 Å². The van der Waals surface area contributed by atoms with Crippen molar-refractivity contribution in [1.29, 1.82) is 0 Å². The Bertz CT molecular complexity index is 772. The lowest BCUT2D eigenvalue weighted by Gasteiger charge is -2.37. The number of amides is 1. The molecular weight excluding hydrogens is 322 g/mol. The first-order valence-corrected chi connectivity index (χ1v) is 7.52. The fraction of sp³-hybridized carbons (Fsp3) is 0.278. The highest BCUT2D eigenvalue weighted by atomic mass is 19.4. The molecule has 6 heteroatoms. The summed E-state index contributed by atoms with van der Waals surface area (Å²) in [6.07, 6.45) is -4.40. The highest BCUT2D eigenvalue weighted by molar-refractivity contribution is 6.08. The van der Waals surface area contributed by atoms with E-state index in [1.807, 2.05) is 0 Å². The highest BCUT2D eigenvalue weighted by Crippen LogP contribution is 2.42. The number of nitrogens with zero attached hydrogens (tertiary/aromatic N) is 1. The fourth-order valence-electron chi connectivity index (χ4n) is 3.07.